The number of amides is 1. The molecule has 2 aromatic carbocycles. The molecule has 3 rings (SSSR count). The van der Waals surface area contributed by atoms with E-state index in [9.17, 15) is 18.4 Å². The molecule has 0 radical (unpaired) electrons. The van der Waals surface area contributed by atoms with Crippen molar-refractivity contribution in [2.45, 2.75) is 20.0 Å². The van der Waals surface area contributed by atoms with Crippen LogP contribution in [0.25, 0.3) is 5.69 Å². The molecule has 0 saturated carbocycles. The van der Waals surface area contributed by atoms with E-state index in [-0.39, 0.29) is 18.0 Å². The standard InChI is InChI=1S/C21H19F2N3O3/c1-14-13-18(27)19(25-26(14)16-5-3-2-4-6-16)20(28)24-12-11-15-7-9-17(10-8-15)29-21(22)23/h2-10,13,21H,11-12H2,1H3,(H,24,28). The number of carbonyl (C=O) groups excluding carboxylic acids is 1. The summed E-state index contributed by atoms with van der Waals surface area (Å²) in [6.45, 7) is -0.874. The lowest BCUT2D eigenvalue weighted by atomic mass is 10.1. The number of hydrogen-bond acceptors (Lipinski definition) is 4. The number of carbonyl (C=O) groups is 1. The molecular formula is C21H19F2N3O3. The number of rotatable bonds is 7. The van der Waals surface area contributed by atoms with Crippen LogP contribution in [0.15, 0.2) is 65.5 Å². The Balaban J connectivity index is 1.66. The number of aryl methyl sites for hydroxylation is 1. The van der Waals surface area contributed by atoms with E-state index >= 15 is 0 Å². The molecule has 0 saturated heterocycles. The van der Waals surface area contributed by atoms with E-state index in [0.29, 0.717) is 12.1 Å². The Labute approximate surface area is 165 Å². The van der Waals surface area contributed by atoms with Gasteiger partial charge in [0.1, 0.15) is 5.75 Å². The zero-order valence-corrected chi connectivity index (χ0v) is 15.6. The lowest BCUT2D eigenvalue weighted by molar-refractivity contribution is -0.0498. The second kappa shape index (κ2) is 9.09. The molecule has 1 amide bonds. The molecule has 0 spiro atoms. The van der Waals surface area contributed by atoms with Crippen LogP contribution < -0.4 is 15.5 Å². The SMILES string of the molecule is Cc1cc(=O)c(C(=O)NCCc2ccc(OC(F)F)cc2)nn1-c1ccccc1. The predicted octanol–water partition coefficient (Wildman–Crippen LogP) is 3.11. The molecule has 0 aliphatic heterocycles. The van der Waals surface area contributed by atoms with Gasteiger partial charge in [-0.05, 0) is 43.2 Å². The molecule has 0 unspecified atom stereocenters. The molecule has 0 atom stereocenters. The minimum Gasteiger partial charge on any atom is -0.435 e. The van der Waals surface area contributed by atoms with Gasteiger partial charge in [-0.1, -0.05) is 30.3 Å². The first-order chi connectivity index (χ1) is 13.9. The van der Waals surface area contributed by atoms with Crippen LogP contribution in [0.1, 0.15) is 21.7 Å². The van der Waals surface area contributed by atoms with E-state index in [0.717, 1.165) is 11.3 Å². The number of nitrogens with one attached hydrogen (secondary N) is 1. The van der Waals surface area contributed by atoms with E-state index in [1.165, 1.54) is 22.9 Å². The first-order valence-electron chi connectivity index (χ1n) is 8.92. The highest BCUT2D eigenvalue weighted by atomic mass is 19.3. The molecule has 1 heterocycles. The van der Waals surface area contributed by atoms with E-state index in [4.69, 9.17) is 0 Å². The fraction of sp³-hybridized carbons (Fsp3) is 0.190. The number of hydrogen-bond donors (Lipinski definition) is 1. The molecule has 8 heteroatoms. The number of halogens is 2. The highest BCUT2D eigenvalue weighted by Crippen LogP contribution is 2.15. The number of ether oxygens (including phenoxy) is 1. The lowest BCUT2D eigenvalue weighted by Gasteiger charge is -2.11. The number of aromatic nitrogens is 2. The van der Waals surface area contributed by atoms with E-state index in [1.807, 2.05) is 30.3 Å². The minimum absolute atomic E-state index is 0.0677. The van der Waals surface area contributed by atoms with Crippen LogP contribution >= 0.6 is 0 Å². The molecule has 6 nitrogen and oxygen atoms in total. The topological polar surface area (TPSA) is 73.2 Å². The molecule has 1 N–H and O–H groups in total. The van der Waals surface area contributed by atoms with Gasteiger partial charge in [-0.15, -0.1) is 0 Å². The summed E-state index contributed by atoms with van der Waals surface area (Å²) < 4.78 is 30.2. The Kier molecular flexibility index (Phi) is 6.33. The number of para-hydroxylation sites is 1. The first-order valence-corrected chi connectivity index (χ1v) is 8.92. The highest BCUT2D eigenvalue weighted by Gasteiger charge is 2.15. The van der Waals surface area contributed by atoms with E-state index < -0.39 is 17.9 Å². The third-order valence-corrected chi connectivity index (χ3v) is 4.17. The van der Waals surface area contributed by atoms with Crippen molar-refractivity contribution in [3.63, 3.8) is 0 Å². The lowest BCUT2D eigenvalue weighted by Crippen LogP contribution is -2.33. The van der Waals surface area contributed by atoms with Crippen molar-refractivity contribution in [1.82, 2.24) is 15.1 Å². The summed E-state index contributed by atoms with van der Waals surface area (Å²) in [4.78, 5) is 24.6. The average Bonchev–Trinajstić information content (AvgIpc) is 2.69. The van der Waals surface area contributed by atoms with Gasteiger partial charge < -0.3 is 10.1 Å². The monoisotopic (exact) mass is 399 g/mol. The summed E-state index contributed by atoms with van der Waals surface area (Å²) in [5.41, 5.74) is 1.53. The first kappa shape index (κ1) is 20.2. The maximum atomic E-state index is 12.4. The van der Waals surface area contributed by atoms with Gasteiger partial charge in [0, 0.05) is 18.3 Å². The molecular weight excluding hydrogens is 380 g/mol. The van der Waals surface area contributed by atoms with Crippen molar-refractivity contribution in [3.05, 3.63) is 87.8 Å². The Morgan fingerprint density at radius 2 is 1.83 bits per heavy atom. The zero-order chi connectivity index (χ0) is 20.8. The van der Waals surface area contributed by atoms with Crippen LogP contribution in [-0.4, -0.2) is 28.8 Å². The molecule has 3 aromatic rings. The van der Waals surface area contributed by atoms with Gasteiger partial charge in [0.25, 0.3) is 5.91 Å². The van der Waals surface area contributed by atoms with Crippen molar-refractivity contribution in [2.24, 2.45) is 0 Å². The van der Waals surface area contributed by atoms with Crippen molar-refractivity contribution < 1.29 is 18.3 Å². The van der Waals surface area contributed by atoms with Gasteiger partial charge in [-0.2, -0.15) is 13.9 Å². The van der Waals surface area contributed by atoms with Crippen LogP contribution in [0, 0.1) is 6.92 Å². The molecule has 1 aromatic heterocycles. The Morgan fingerprint density at radius 1 is 1.14 bits per heavy atom. The van der Waals surface area contributed by atoms with Gasteiger partial charge in [0.05, 0.1) is 5.69 Å². The van der Waals surface area contributed by atoms with Crippen LogP contribution in [0.5, 0.6) is 5.75 Å². The van der Waals surface area contributed by atoms with E-state index in [1.54, 1.807) is 19.1 Å². The number of alkyl halides is 2. The van der Waals surface area contributed by atoms with Crippen molar-refractivity contribution in [1.29, 1.82) is 0 Å². The van der Waals surface area contributed by atoms with Crippen molar-refractivity contribution >= 4 is 5.91 Å². The van der Waals surface area contributed by atoms with Crippen LogP contribution in [0.4, 0.5) is 8.78 Å². The molecule has 0 aliphatic rings. The maximum absolute atomic E-state index is 12.4. The van der Waals surface area contributed by atoms with Crippen molar-refractivity contribution in [2.75, 3.05) is 6.54 Å². The van der Waals surface area contributed by atoms with Gasteiger partial charge in [-0.25, -0.2) is 4.68 Å². The van der Waals surface area contributed by atoms with Gasteiger partial charge in [-0.3, -0.25) is 9.59 Å². The smallest absolute Gasteiger partial charge is 0.387 e. The summed E-state index contributed by atoms with van der Waals surface area (Å²) in [7, 11) is 0. The third-order valence-electron chi connectivity index (χ3n) is 4.17. The molecule has 150 valence electrons. The summed E-state index contributed by atoms with van der Waals surface area (Å²) in [6.07, 6.45) is 0.458. The van der Waals surface area contributed by atoms with Crippen LogP contribution in [0.2, 0.25) is 0 Å². The second-order valence-electron chi connectivity index (χ2n) is 6.27. The summed E-state index contributed by atoms with van der Waals surface area (Å²) in [6, 6.07) is 16.7. The molecule has 0 bridgehead atoms. The largest absolute Gasteiger partial charge is 0.435 e. The zero-order valence-electron chi connectivity index (χ0n) is 15.6. The van der Waals surface area contributed by atoms with Crippen molar-refractivity contribution in [3.8, 4) is 11.4 Å². The number of benzene rings is 2. The van der Waals surface area contributed by atoms with Crippen LogP contribution in [-0.2, 0) is 6.42 Å². The van der Waals surface area contributed by atoms with Gasteiger partial charge in [0.15, 0.2) is 5.69 Å². The highest BCUT2D eigenvalue weighted by molar-refractivity contribution is 5.92. The Bertz CT molecular complexity index is 1040. The summed E-state index contributed by atoms with van der Waals surface area (Å²) in [5.74, 6) is -0.504. The fourth-order valence-corrected chi connectivity index (χ4v) is 2.78. The van der Waals surface area contributed by atoms with Gasteiger partial charge >= 0.3 is 6.61 Å². The summed E-state index contributed by atoms with van der Waals surface area (Å²) >= 11 is 0. The Hall–Kier alpha value is -3.55. The minimum atomic E-state index is -2.87. The normalized spacial score (nSPS) is 10.8. The predicted molar refractivity (Wildman–Crippen MR) is 104 cm³/mol. The quantitative estimate of drug-likeness (QED) is 0.663. The summed E-state index contributed by atoms with van der Waals surface area (Å²) in [5, 5.41) is 6.88. The molecule has 0 fully saturated rings. The average molecular weight is 399 g/mol. The Morgan fingerprint density at radius 3 is 2.48 bits per heavy atom. The second-order valence-corrected chi connectivity index (χ2v) is 6.27. The third kappa shape index (κ3) is 5.25. The maximum Gasteiger partial charge on any atom is 0.387 e. The molecule has 0 aliphatic carbocycles. The van der Waals surface area contributed by atoms with E-state index in [2.05, 4.69) is 15.2 Å². The fourth-order valence-electron chi connectivity index (χ4n) is 2.78. The number of nitrogens with zero attached hydrogens (tertiary/aromatic N) is 2. The molecule has 29 heavy (non-hydrogen) atoms. The van der Waals surface area contributed by atoms with Crippen LogP contribution in [0.3, 0.4) is 0 Å². The van der Waals surface area contributed by atoms with Gasteiger partial charge in [0.2, 0.25) is 5.43 Å².